The molecule has 5 nitrogen and oxygen atoms in total. The summed E-state index contributed by atoms with van der Waals surface area (Å²) in [5.74, 6) is 0. The minimum absolute atomic E-state index is 0.328. The molecular weight excluding hydrogens is 326 g/mol. The summed E-state index contributed by atoms with van der Waals surface area (Å²) in [5.41, 5.74) is 3.62. The summed E-state index contributed by atoms with van der Waals surface area (Å²) < 4.78 is 38.8. The van der Waals surface area contributed by atoms with Crippen LogP contribution >= 0.6 is 0 Å². The van der Waals surface area contributed by atoms with Crippen LogP contribution in [0.1, 0.15) is 36.1 Å². The molecule has 0 amide bonds. The maximum absolute atomic E-state index is 13.3. The lowest BCUT2D eigenvalue weighted by Crippen LogP contribution is -2.37. The number of rotatable bonds is 10. The van der Waals surface area contributed by atoms with E-state index in [1.54, 1.807) is 0 Å². The summed E-state index contributed by atoms with van der Waals surface area (Å²) in [5, 5.41) is 0. The SMILES string of the molecule is CCOCCN(CCOCC)S(=O)(=O)c1c(C)c(C)cc(C)c1C. The van der Waals surface area contributed by atoms with Crippen molar-refractivity contribution in [1.29, 1.82) is 0 Å². The first-order chi connectivity index (χ1) is 11.3. The van der Waals surface area contributed by atoms with Gasteiger partial charge in [-0.05, 0) is 63.8 Å². The van der Waals surface area contributed by atoms with Crippen LogP contribution in [0.4, 0.5) is 0 Å². The molecule has 0 unspecified atom stereocenters. The first kappa shape index (κ1) is 21.1. The Morgan fingerprint density at radius 1 is 0.875 bits per heavy atom. The minimum atomic E-state index is -3.60. The lowest BCUT2D eigenvalue weighted by atomic mass is 10.0. The molecule has 0 aliphatic heterocycles. The summed E-state index contributed by atoms with van der Waals surface area (Å²) in [7, 11) is -3.60. The highest BCUT2D eigenvalue weighted by atomic mass is 32.2. The van der Waals surface area contributed by atoms with Gasteiger partial charge in [0.25, 0.3) is 0 Å². The normalized spacial score (nSPS) is 12.1. The quantitative estimate of drug-likeness (QED) is 0.604. The Bertz CT molecular complexity index is 605. The van der Waals surface area contributed by atoms with Gasteiger partial charge in [-0.25, -0.2) is 8.42 Å². The Morgan fingerprint density at radius 2 is 1.29 bits per heavy atom. The fourth-order valence-corrected chi connectivity index (χ4v) is 4.65. The second-order valence-electron chi connectivity index (χ2n) is 5.89. The second-order valence-corrected chi connectivity index (χ2v) is 7.76. The molecule has 0 bridgehead atoms. The monoisotopic (exact) mass is 357 g/mol. The average Bonchev–Trinajstić information content (AvgIpc) is 2.51. The van der Waals surface area contributed by atoms with E-state index in [1.807, 2.05) is 47.6 Å². The Kier molecular flexibility index (Phi) is 8.36. The van der Waals surface area contributed by atoms with Crippen molar-refractivity contribution >= 4 is 10.0 Å². The van der Waals surface area contributed by atoms with Crippen LogP contribution in [-0.4, -0.2) is 52.2 Å². The molecule has 24 heavy (non-hydrogen) atoms. The van der Waals surface area contributed by atoms with E-state index in [-0.39, 0.29) is 0 Å². The van der Waals surface area contributed by atoms with Crippen molar-refractivity contribution in [3.63, 3.8) is 0 Å². The molecule has 0 N–H and O–H groups in total. The molecule has 0 heterocycles. The van der Waals surface area contributed by atoms with Crippen molar-refractivity contribution in [3.05, 3.63) is 28.3 Å². The number of benzene rings is 1. The Hall–Kier alpha value is -0.950. The van der Waals surface area contributed by atoms with Crippen LogP contribution < -0.4 is 0 Å². The summed E-state index contributed by atoms with van der Waals surface area (Å²) >= 11 is 0. The molecule has 0 saturated heterocycles. The molecular formula is C18H31NO4S. The van der Waals surface area contributed by atoms with Crippen molar-refractivity contribution < 1.29 is 17.9 Å². The number of aryl methyl sites for hydroxylation is 2. The van der Waals surface area contributed by atoms with Gasteiger partial charge in [-0.2, -0.15) is 4.31 Å². The van der Waals surface area contributed by atoms with Gasteiger partial charge in [0.15, 0.2) is 0 Å². The largest absolute Gasteiger partial charge is 0.380 e. The van der Waals surface area contributed by atoms with Crippen LogP contribution in [0, 0.1) is 27.7 Å². The lowest BCUT2D eigenvalue weighted by Gasteiger charge is -2.25. The Balaban J connectivity index is 3.24. The van der Waals surface area contributed by atoms with Crippen LogP contribution in [0.3, 0.4) is 0 Å². The predicted molar refractivity (Wildman–Crippen MR) is 97.1 cm³/mol. The van der Waals surface area contributed by atoms with Crippen LogP contribution in [0.5, 0.6) is 0 Å². The van der Waals surface area contributed by atoms with Gasteiger partial charge >= 0.3 is 0 Å². The van der Waals surface area contributed by atoms with E-state index in [0.29, 0.717) is 44.4 Å². The Morgan fingerprint density at radius 3 is 1.67 bits per heavy atom. The Labute approximate surface area is 147 Å². The first-order valence-corrected chi connectivity index (χ1v) is 9.94. The van der Waals surface area contributed by atoms with Crippen molar-refractivity contribution in [2.75, 3.05) is 39.5 Å². The van der Waals surface area contributed by atoms with Gasteiger partial charge in [0, 0.05) is 26.3 Å². The third kappa shape index (κ3) is 5.02. The van der Waals surface area contributed by atoms with Crippen molar-refractivity contribution in [2.24, 2.45) is 0 Å². The second kappa shape index (κ2) is 9.51. The van der Waals surface area contributed by atoms with Gasteiger partial charge in [0.2, 0.25) is 10.0 Å². The zero-order valence-corrected chi connectivity index (χ0v) is 16.6. The summed E-state index contributed by atoms with van der Waals surface area (Å²) in [6.45, 7) is 14.0. The van der Waals surface area contributed by atoms with E-state index >= 15 is 0 Å². The number of nitrogens with zero attached hydrogens (tertiary/aromatic N) is 1. The molecule has 0 atom stereocenters. The zero-order chi connectivity index (χ0) is 18.3. The van der Waals surface area contributed by atoms with Crippen molar-refractivity contribution in [3.8, 4) is 0 Å². The molecule has 0 saturated carbocycles. The third-order valence-corrected chi connectivity index (χ3v) is 6.45. The maximum Gasteiger partial charge on any atom is 0.243 e. The van der Waals surface area contributed by atoms with Crippen molar-refractivity contribution in [2.45, 2.75) is 46.4 Å². The van der Waals surface area contributed by atoms with E-state index in [9.17, 15) is 8.42 Å². The molecule has 0 aromatic heterocycles. The third-order valence-electron chi connectivity index (χ3n) is 4.27. The van der Waals surface area contributed by atoms with Gasteiger partial charge < -0.3 is 9.47 Å². The van der Waals surface area contributed by atoms with Crippen LogP contribution in [0.2, 0.25) is 0 Å². The van der Waals surface area contributed by atoms with E-state index in [1.165, 1.54) is 4.31 Å². The molecule has 1 aromatic rings. The van der Waals surface area contributed by atoms with Crippen LogP contribution in [0.15, 0.2) is 11.0 Å². The van der Waals surface area contributed by atoms with Crippen LogP contribution in [0.25, 0.3) is 0 Å². The number of sulfonamides is 1. The number of hydrogen-bond donors (Lipinski definition) is 0. The van der Waals surface area contributed by atoms with Gasteiger partial charge in [-0.15, -0.1) is 0 Å². The summed E-state index contributed by atoms with van der Waals surface area (Å²) in [6.07, 6.45) is 0. The highest BCUT2D eigenvalue weighted by Crippen LogP contribution is 2.28. The molecule has 1 rings (SSSR count). The number of ether oxygens (including phenoxy) is 2. The fourth-order valence-electron chi connectivity index (χ4n) is 2.67. The standard InChI is InChI=1S/C18H31NO4S/c1-7-22-11-9-19(10-12-23-8-2)24(20,21)18-16(5)14(3)13-15(4)17(18)6/h13H,7-12H2,1-6H3. The topological polar surface area (TPSA) is 55.8 Å². The minimum Gasteiger partial charge on any atom is -0.380 e. The maximum atomic E-state index is 13.3. The van der Waals surface area contributed by atoms with Gasteiger partial charge in [-0.1, -0.05) is 6.07 Å². The highest BCUT2D eigenvalue weighted by molar-refractivity contribution is 7.89. The predicted octanol–water partition coefficient (Wildman–Crippen LogP) is 2.98. The highest BCUT2D eigenvalue weighted by Gasteiger charge is 2.28. The van der Waals surface area contributed by atoms with Crippen LogP contribution in [-0.2, 0) is 19.5 Å². The summed E-state index contributed by atoms with van der Waals surface area (Å²) in [4.78, 5) is 0.424. The van der Waals surface area contributed by atoms with Gasteiger partial charge in [-0.3, -0.25) is 0 Å². The van der Waals surface area contributed by atoms with Gasteiger partial charge in [0.05, 0.1) is 18.1 Å². The molecule has 0 aliphatic carbocycles. The molecule has 0 radical (unpaired) electrons. The molecule has 1 aromatic carbocycles. The van der Waals surface area contributed by atoms with E-state index < -0.39 is 10.0 Å². The summed E-state index contributed by atoms with van der Waals surface area (Å²) in [6, 6.07) is 2.04. The molecule has 138 valence electrons. The number of hydrogen-bond acceptors (Lipinski definition) is 4. The van der Waals surface area contributed by atoms with E-state index in [4.69, 9.17) is 9.47 Å². The van der Waals surface area contributed by atoms with Gasteiger partial charge in [0.1, 0.15) is 0 Å². The first-order valence-electron chi connectivity index (χ1n) is 8.50. The zero-order valence-electron chi connectivity index (χ0n) is 15.8. The van der Waals surface area contributed by atoms with E-state index in [2.05, 4.69) is 0 Å². The molecule has 6 heteroatoms. The van der Waals surface area contributed by atoms with Crippen molar-refractivity contribution in [1.82, 2.24) is 4.31 Å². The fraction of sp³-hybridized carbons (Fsp3) is 0.667. The van der Waals surface area contributed by atoms with E-state index in [0.717, 1.165) is 22.3 Å². The average molecular weight is 358 g/mol. The smallest absolute Gasteiger partial charge is 0.243 e. The molecule has 0 fully saturated rings. The molecule has 0 spiro atoms. The lowest BCUT2D eigenvalue weighted by molar-refractivity contribution is 0.110. The molecule has 0 aliphatic rings.